The number of hydrogen-bond donors (Lipinski definition) is 2. The van der Waals surface area contributed by atoms with Crippen LogP contribution in [-0.2, 0) is 11.3 Å². The Labute approximate surface area is 139 Å². The Morgan fingerprint density at radius 2 is 2.17 bits per heavy atom. The number of benzene rings is 1. The van der Waals surface area contributed by atoms with Crippen molar-refractivity contribution in [1.82, 2.24) is 25.3 Å². The van der Waals surface area contributed by atoms with Crippen molar-refractivity contribution in [3.8, 4) is 5.69 Å². The molecule has 2 aromatic rings. The molecule has 2 aliphatic rings. The Morgan fingerprint density at radius 3 is 2.92 bits per heavy atom. The predicted molar refractivity (Wildman–Crippen MR) is 87.2 cm³/mol. The van der Waals surface area contributed by atoms with Gasteiger partial charge < -0.3 is 10.6 Å². The van der Waals surface area contributed by atoms with Crippen LogP contribution < -0.4 is 10.6 Å². The largest absolute Gasteiger partial charge is 0.355 e. The first-order valence-electron chi connectivity index (χ1n) is 8.18. The lowest BCUT2D eigenvalue weighted by Crippen LogP contribution is -2.69. The lowest BCUT2D eigenvalue weighted by atomic mass is 9.86. The number of nitrogens with one attached hydrogen (secondary N) is 2. The first-order valence-corrected chi connectivity index (χ1v) is 8.18. The second-order valence-electron chi connectivity index (χ2n) is 6.51. The van der Waals surface area contributed by atoms with Crippen molar-refractivity contribution in [3.05, 3.63) is 48.0 Å². The highest BCUT2D eigenvalue weighted by Crippen LogP contribution is 2.27. The first-order chi connectivity index (χ1) is 11.6. The van der Waals surface area contributed by atoms with Crippen molar-refractivity contribution < 1.29 is 9.18 Å². The highest BCUT2D eigenvalue weighted by molar-refractivity contribution is 5.77. The highest BCUT2D eigenvalue weighted by Gasteiger charge is 2.45. The molecule has 2 aliphatic heterocycles. The summed E-state index contributed by atoms with van der Waals surface area (Å²) in [6, 6.07) is 8.33. The molecule has 24 heavy (non-hydrogen) atoms. The summed E-state index contributed by atoms with van der Waals surface area (Å²) in [4.78, 5) is 14.2. The highest BCUT2D eigenvalue weighted by atomic mass is 19.1. The Balaban J connectivity index is 1.54. The molecule has 0 aliphatic carbocycles. The third-order valence-corrected chi connectivity index (χ3v) is 4.84. The molecule has 0 unspecified atom stereocenters. The maximum Gasteiger partial charge on any atom is 0.222 e. The zero-order valence-corrected chi connectivity index (χ0v) is 13.3. The number of hydrogen-bond acceptors (Lipinski definition) is 4. The van der Waals surface area contributed by atoms with Gasteiger partial charge in [-0.05, 0) is 24.3 Å². The molecule has 4 rings (SSSR count). The van der Waals surface area contributed by atoms with Crippen LogP contribution >= 0.6 is 0 Å². The summed E-state index contributed by atoms with van der Waals surface area (Å²) in [5.74, 6) is -0.162. The van der Waals surface area contributed by atoms with E-state index in [1.165, 1.54) is 12.1 Å². The quantitative estimate of drug-likeness (QED) is 0.869. The van der Waals surface area contributed by atoms with Gasteiger partial charge in [0.15, 0.2) is 0 Å². The molecule has 0 atom stereocenters. The van der Waals surface area contributed by atoms with Crippen molar-refractivity contribution >= 4 is 5.91 Å². The van der Waals surface area contributed by atoms with E-state index in [4.69, 9.17) is 0 Å². The fraction of sp³-hybridized carbons (Fsp3) is 0.412. The fourth-order valence-electron chi connectivity index (χ4n) is 3.45. The van der Waals surface area contributed by atoms with Gasteiger partial charge in [-0.3, -0.25) is 9.69 Å². The molecule has 1 aromatic heterocycles. The molecule has 6 nitrogen and oxygen atoms in total. The number of nitrogens with zero attached hydrogens (tertiary/aromatic N) is 3. The molecule has 1 spiro atoms. The molecule has 1 aromatic carbocycles. The number of rotatable bonds is 3. The van der Waals surface area contributed by atoms with E-state index < -0.39 is 0 Å². The SMILES string of the molecule is O=C1CC2(CNC2)N(Cc2ccn(-c3cccc(F)c3)n2)CCN1. The fourth-order valence-corrected chi connectivity index (χ4v) is 3.45. The molecular formula is C17H20FN5O. The van der Waals surface area contributed by atoms with Gasteiger partial charge in [0, 0.05) is 45.3 Å². The Morgan fingerprint density at radius 1 is 1.29 bits per heavy atom. The first kappa shape index (κ1) is 15.3. The maximum atomic E-state index is 13.4. The smallest absolute Gasteiger partial charge is 0.222 e. The van der Waals surface area contributed by atoms with E-state index in [-0.39, 0.29) is 17.3 Å². The van der Waals surface area contributed by atoms with E-state index in [0.29, 0.717) is 25.2 Å². The molecule has 2 saturated heterocycles. The van der Waals surface area contributed by atoms with Gasteiger partial charge in [-0.1, -0.05) is 6.07 Å². The summed E-state index contributed by atoms with van der Waals surface area (Å²) in [6.45, 7) is 3.79. The standard InChI is InChI=1S/C17H20FN5O/c18-13-2-1-3-15(8-13)23-6-4-14(21-23)10-22-7-5-20-16(24)9-17(22)11-19-12-17/h1-4,6,8,19H,5,7,9-12H2,(H,20,24). The molecule has 0 radical (unpaired) electrons. The molecule has 126 valence electrons. The second-order valence-corrected chi connectivity index (χ2v) is 6.51. The van der Waals surface area contributed by atoms with Crippen molar-refractivity contribution in [2.75, 3.05) is 26.2 Å². The van der Waals surface area contributed by atoms with Crippen LogP contribution in [0.4, 0.5) is 4.39 Å². The van der Waals surface area contributed by atoms with Crippen molar-refractivity contribution in [1.29, 1.82) is 0 Å². The number of aromatic nitrogens is 2. The normalized spacial score (nSPS) is 20.5. The Kier molecular flexibility index (Phi) is 3.82. The van der Waals surface area contributed by atoms with Crippen LogP contribution in [0.5, 0.6) is 0 Å². The summed E-state index contributed by atoms with van der Waals surface area (Å²) in [5.41, 5.74) is 1.51. The number of carbonyl (C=O) groups is 1. The van der Waals surface area contributed by atoms with Gasteiger partial charge in [-0.25, -0.2) is 9.07 Å². The summed E-state index contributed by atoms with van der Waals surface area (Å²) in [6.07, 6.45) is 2.36. The topological polar surface area (TPSA) is 62.2 Å². The maximum absolute atomic E-state index is 13.4. The van der Waals surface area contributed by atoms with E-state index in [1.807, 2.05) is 18.3 Å². The van der Waals surface area contributed by atoms with Gasteiger partial charge in [-0.2, -0.15) is 5.10 Å². The van der Waals surface area contributed by atoms with Crippen molar-refractivity contribution in [2.45, 2.75) is 18.5 Å². The van der Waals surface area contributed by atoms with Crippen molar-refractivity contribution in [2.24, 2.45) is 0 Å². The Hall–Kier alpha value is -2.25. The predicted octanol–water partition coefficient (Wildman–Crippen LogP) is 0.675. The van der Waals surface area contributed by atoms with E-state index in [0.717, 1.165) is 25.3 Å². The summed E-state index contributed by atoms with van der Waals surface area (Å²) in [7, 11) is 0. The molecule has 7 heteroatoms. The van der Waals surface area contributed by atoms with Crippen LogP contribution in [-0.4, -0.2) is 52.3 Å². The van der Waals surface area contributed by atoms with Gasteiger partial charge in [0.25, 0.3) is 0 Å². The van der Waals surface area contributed by atoms with E-state index >= 15 is 0 Å². The average molecular weight is 329 g/mol. The van der Waals surface area contributed by atoms with E-state index in [1.54, 1.807) is 10.7 Å². The lowest BCUT2D eigenvalue weighted by molar-refractivity contribution is -0.123. The molecular weight excluding hydrogens is 309 g/mol. The summed E-state index contributed by atoms with van der Waals surface area (Å²) < 4.78 is 15.1. The van der Waals surface area contributed by atoms with Gasteiger partial charge in [0.05, 0.1) is 16.9 Å². The number of carbonyl (C=O) groups excluding carboxylic acids is 1. The lowest BCUT2D eigenvalue weighted by Gasteiger charge is -2.49. The summed E-state index contributed by atoms with van der Waals surface area (Å²) in [5, 5.41) is 10.8. The van der Waals surface area contributed by atoms with Gasteiger partial charge in [-0.15, -0.1) is 0 Å². The minimum absolute atomic E-state index is 0.108. The number of amides is 1. The molecule has 1 amide bonds. The molecule has 2 fully saturated rings. The van der Waals surface area contributed by atoms with Crippen LogP contribution in [0.15, 0.2) is 36.5 Å². The third-order valence-electron chi connectivity index (χ3n) is 4.84. The zero-order chi connectivity index (χ0) is 16.6. The van der Waals surface area contributed by atoms with E-state index in [9.17, 15) is 9.18 Å². The zero-order valence-electron chi connectivity index (χ0n) is 13.3. The van der Waals surface area contributed by atoms with Crippen LogP contribution in [0, 0.1) is 5.82 Å². The third kappa shape index (κ3) is 2.81. The van der Waals surface area contributed by atoms with Gasteiger partial charge in [0.2, 0.25) is 5.91 Å². The van der Waals surface area contributed by atoms with Crippen molar-refractivity contribution in [3.63, 3.8) is 0 Å². The van der Waals surface area contributed by atoms with Gasteiger partial charge >= 0.3 is 0 Å². The average Bonchev–Trinajstić information content (AvgIpc) is 2.91. The van der Waals surface area contributed by atoms with Crippen LogP contribution in [0.1, 0.15) is 12.1 Å². The summed E-state index contributed by atoms with van der Waals surface area (Å²) >= 11 is 0. The van der Waals surface area contributed by atoms with Crippen LogP contribution in [0.3, 0.4) is 0 Å². The number of halogens is 1. The minimum atomic E-state index is -0.277. The van der Waals surface area contributed by atoms with Crippen LogP contribution in [0.25, 0.3) is 5.69 Å². The van der Waals surface area contributed by atoms with Crippen LogP contribution in [0.2, 0.25) is 0 Å². The second kappa shape index (κ2) is 5.99. The molecule has 3 heterocycles. The van der Waals surface area contributed by atoms with E-state index in [2.05, 4.69) is 20.6 Å². The molecule has 0 bridgehead atoms. The molecule has 0 saturated carbocycles. The monoisotopic (exact) mass is 329 g/mol. The minimum Gasteiger partial charge on any atom is -0.355 e. The molecule has 2 N–H and O–H groups in total. The Bertz CT molecular complexity index is 755. The van der Waals surface area contributed by atoms with Gasteiger partial charge in [0.1, 0.15) is 5.82 Å².